The molecule has 16 heavy (non-hydrogen) atoms. The Hall–Kier alpha value is -0.840. The van der Waals surface area contributed by atoms with Gasteiger partial charge in [-0.1, -0.05) is 23.9 Å². The molecule has 0 spiro atoms. The van der Waals surface area contributed by atoms with E-state index in [-0.39, 0.29) is 0 Å². The molecule has 0 bridgehead atoms. The average molecular weight is 295 g/mol. The van der Waals surface area contributed by atoms with Crippen molar-refractivity contribution in [3.63, 3.8) is 0 Å². The van der Waals surface area contributed by atoms with E-state index in [1.165, 1.54) is 0 Å². The first-order chi connectivity index (χ1) is 7.79. The van der Waals surface area contributed by atoms with Gasteiger partial charge in [0.25, 0.3) is 0 Å². The summed E-state index contributed by atoms with van der Waals surface area (Å²) in [5.74, 6) is 0. The van der Waals surface area contributed by atoms with Crippen LogP contribution < -0.4 is 5.73 Å². The highest BCUT2D eigenvalue weighted by Crippen LogP contribution is 2.32. The van der Waals surface area contributed by atoms with Crippen molar-refractivity contribution in [1.82, 2.24) is 4.98 Å². The van der Waals surface area contributed by atoms with Crippen molar-refractivity contribution in [2.75, 3.05) is 0 Å². The Labute approximate surface area is 107 Å². The van der Waals surface area contributed by atoms with Gasteiger partial charge in [0.2, 0.25) is 0 Å². The van der Waals surface area contributed by atoms with E-state index in [9.17, 15) is 0 Å². The molecule has 0 amide bonds. The van der Waals surface area contributed by atoms with Gasteiger partial charge < -0.3 is 5.73 Å². The van der Waals surface area contributed by atoms with Gasteiger partial charge in [-0.3, -0.25) is 0 Å². The normalized spacial score (nSPS) is 10.4. The Morgan fingerprint density at radius 1 is 1.25 bits per heavy atom. The lowest BCUT2D eigenvalue weighted by Gasteiger charge is -2.04. The van der Waals surface area contributed by atoms with Gasteiger partial charge in [0.1, 0.15) is 5.03 Å². The van der Waals surface area contributed by atoms with Crippen LogP contribution in [0.3, 0.4) is 0 Å². The van der Waals surface area contributed by atoms with Crippen LogP contribution in [-0.2, 0) is 6.54 Å². The lowest BCUT2D eigenvalue weighted by molar-refractivity contribution is 1.02. The molecule has 0 aliphatic carbocycles. The Kier molecular flexibility index (Phi) is 3.98. The molecule has 2 aromatic rings. The van der Waals surface area contributed by atoms with Crippen LogP contribution in [0.15, 0.2) is 57.0 Å². The molecule has 1 heterocycles. The summed E-state index contributed by atoms with van der Waals surface area (Å²) in [4.78, 5) is 5.47. The van der Waals surface area contributed by atoms with E-state index in [1.54, 1.807) is 18.0 Å². The summed E-state index contributed by atoms with van der Waals surface area (Å²) in [6.45, 7) is 0.548. The second-order valence-corrected chi connectivity index (χ2v) is 5.16. The van der Waals surface area contributed by atoms with Gasteiger partial charge >= 0.3 is 0 Å². The van der Waals surface area contributed by atoms with Gasteiger partial charge in [-0.25, -0.2) is 4.98 Å². The predicted octanol–water partition coefficient (Wildman–Crippen LogP) is 3.45. The first-order valence-corrected chi connectivity index (χ1v) is 6.48. The zero-order valence-corrected chi connectivity index (χ0v) is 11.0. The van der Waals surface area contributed by atoms with Crippen molar-refractivity contribution >= 4 is 27.7 Å². The smallest absolute Gasteiger partial charge is 0.101 e. The number of hydrogen-bond acceptors (Lipinski definition) is 3. The Morgan fingerprint density at radius 3 is 2.81 bits per heavy atom. The molecule has 2 nitrogen and oxygen atoms in total. The van der Waals surface area contributed by atoms with E-state index in [1.807, 2.05) is 30.3 Å². The Bertz CT molecular complexity index is 488. The first-order valence-electron chi connectivity index (χ1n) is 4.87. The minimum Gasteiger partial charge on any atom is -0.326 e. The van der Waals surface area contributed by atoms with E-state index in [0.29, 0.717) is 6.54 Å². The molecule has 0 radical (unpaired) electrons. The van der Waals surface area contributed by atoms with Crippen molar-refractivity contribution in [2.45, 2.75) is 16.5 Å². The maximum atomic E-state index is 5.60. The van der Waals surface area contributed by atoms with Crippen molar-refractivity contribution in [1.29, 1.82) is 0 Å². The fourth-order valence-electron chi connectivity index (χ4n) is 1.27. The lowest BCUT2D eigenvalue weighted by Crippen LogP contribution is -1.96. The van der Waals surface area contributed by atoms with E-state index in [2.05, 4.69) is 27.0 Å². The summed E-state index contributed by atoms with van der Waals surface area (Å²) in [6, 6.07) is 12.0. The summed E-state index contributed by atoms with van der Waals surface area (Å²) < 4.78 is 1.08. The van der Waals surface area contributed by atoms with Gasteiger partial charge in [-0.05, 0) is 45.8 Å². The number of nitrogens with zero attached hydrogens (tertiary/aromatic N) is 1. The quantitative estimate of drug-likeness (QED) is 0.942. The monoisotopic (exact) mass is 294 g/mol. The van der Waals surface area contributed by atoms with Crippen LogP contribution in [0.1, 0.15) is 5.56 Å². The minimum absolute atomic E-state index is 0.548. The van der Waals surface area contributed by atoms with Crippen molar-refractivity contribution in [2.24, 2.45) is 5.73 Å². The number of aromatic nitrogens is 1. The maximum Gasteiger partial charge on any atom is 0.101 e. The average Bonchev–Trinajstić information content (AvgIpc) is 2.32. The molecule has 0 saturated heterocycles. The van der Waals surface area contributed by atoms with Crippen LogP contribution in [0.2, 0.25) is 0 Å². The topological polar surface area (TPSA) is 38.9 Å². The third-order valence-corrected chi connectivity index (χ3v) is 4.05. The summed E-state index contributed by atoms with van der Waals surface area (Å²) in [5.41, 5.74) is 6.70. The number of benzene rings is 1. The standard InChI is InChI=1S/C12H11BrN2S/c13-10-3-1-2-4-11(10)16-12-7-9(8-14)5-6-15-12/h1-7H,8,14H2. The van der Waals surface area contributed by atoms with Crippen LogP contribution in [0, 0.1) is 0 Å². The highest BCUT2D eigenvalue weighted by Gasteiger charge is 2.02. The van der Waals surface area contributed by atoms with E-state index in [0.717, 1.165) is 20.0 Å². The Balaban J connectivity index is 2.24. The Morgan fingerprint density at radius 2 is 2.06 bits per heavy atom. The van der Waals surface area contributed by atoms with Crippen LogP contribution in [-0.4, -0.2) is 4.98 Å². The molecule has 0 fully saturated rings. The third kappa shape index (κ3) is 2.84. The second-order valence-electron chi connectivity index (χ2n) is 3.24. The molecule has 0 aliphatic rings. The highest BCUT2D eigenvalue weighted by molar-refractivity contribution is 9.10. The number of hydrogen-bond donors (Lipinski definition) is 1. The van der Waals surface area contributed by atoms with Gasteiger partial charge in [-0.15, -0.1) is 0 Å². The van der Waals surface area contributed by atoms with Gasteiger partial charge in [-0.2, -0.15) is 0 Å². The molecule has 4 heteroatoms. The molecule has 0 unspecified atom stereocenters. The molecule has 82 valence electrons. The molecule has 0 atom stereocenters. The minimum atomic E-state index is 0.548. The van der Waals surface area contributed by atoms with E-state index >= 15 is 0 Å². The molecule has 0 aliphatic heterocycles. The van der Waals surface area contributed by atoms with Crippen LogP contribution in [0.4, 0.5) is 0 Å². The number of nitrogens with two attached hydrogens (primary N) is 1. The number of rotatable bonds is 3. The fraction of sp³-hybridized carbons (Fsp3) is 0.0833. The molecular formula is C12H11BrN2S. The first kappa shape index (κ1) is 11.6. The number of pyridine rings is 1. The maximum absolute atomic E-state index is 5.60. The molecule has 0 saturated carbocycles. The van der Waals surface area contributed by atoms with Crippen LogP contribution in [0.25, 0.3) is 0 Å². The van der Waals surface area contributed by atoms with E-state index < -0.39 is 0 Å². The predicted molar refractivity (Wildman–Crippen MR) is 70.4 cm³/mol. The van der Waals surface area contributed by atoms with Crippen molar-refractivity contribution in [3.05, 3.63) is 52.6 Å². The molecular weight excluding hydrogens is 284 g/mol. The molecule has 1 aromatic heterocycles. The largest absolute Gasteiger partial charge is 0.326 e. The fourth-order valence-corrected chi connectivity index (χ4v) is 2.66. The zero-order chi connectivity index (χ0) is 11.4. The van der Waals surface area contributed by atoms with Gasteiger partial charge in [0, 0.05) is 22.1 Å². The second kappa shape index (κ2) is 5.48. The summed E-state index contributed by atoms with van der Waals surface area (Å²) in [7, 11) is 0. The van der Waals surface area contributed by atoms with Crippen molar-refractivity contribution in [3.8, 4) is 0 Å². The zero-order valence-electron chi connectivity index (χ0n) is 8.56. The van der Waals surface area contributed by atoms with Crippen LogP contribution >= 0.6 is 27.7 Å². The molecule has 2 N–H and O–H groups in total. The van der Waals surface area contributed by atoms with Gasteiger partial charge in [0.05, 0.1) is 0 Å². The third-order valence-electron chi connectivity index (χ3n) is 2.09. The summed E-state index contributed by atoms with van der Waals surface area (Å²) in [6.07, 6.45) is 1.79. The SMILES string of the molecule is NCc1ccnc(Sc2ccccc2Br)c1. The molecule has 1 aromatic carbocycles. The van der Waals surface area contributed by atoms with Crippen molar-refractivity contribution < 1.29 is 0 Å². The highest BCUT2D eigenvalue weighted by atomic mass is 79.9. The molecule has 2 rings (SSSR count). The van der Waals surface area contributed by atoms with Crippen LogP contribution in [0.5, 0.6) is 0 Å². The summed E-state index contributed by atoms with van der Waals surface area (Å²) in [5, 5.41) is 0.967. The lowest BCUT2D eigenvalue weighted by atomic mass is 10.3. The number of halogens is 1. The van der Waals surface area contributed by atoms with E-state index in [4.69, 9.17) is 5.73 Å². The van der Waals surface area contributed by atoms with Gasteiger partial charge in [0.15, 0.2) is 0 Å². The summed E-state index contributed by atoms with van der Waals surface area (Å²) >= 11 is 5.15.